The molecular weight excluding hydrogens is 419 g/mol. The van der Waals surface area contributed by atoms with Crippen molar-refractivity contribution in [3.63, 3.8) is 0 Å². The molecule has 31 heavy (non-hydrogen) atoms. The van der Waals surface area contributed by atoms with Gasteiger partial charge in [0.1, 0.15) is 18.1 Å². The van der Waals surface area contributed by atoms with Crippen LogP contribution in [0.5, 0.6) is 11.5 Å². The lowest BCUT2D eigenvalue weighted by Crippen LogP contribution is -2.40. The highest BCUT2D eigenvalue weighted by molar-refractivity contribution is 7.49. The van der Waals surface area contributed by atoms with Crippen LogP contribution in [-0.2, 0) is 9.09 Å². The van der Waals surface area contributed by atoms with Gasteiger partial charge in [-0.15, -0.1) is 6.58 Å². The number of nitrogens with one attached hydrogen (secondary N) is 1. The highest BCUT2D eigenvalue weighted by atomic mass is 31.2. The van der Waals surface area contributed by atoms with Crippen LogP contribution in [0.1, 0.15) is 26.2 Å². The molecule has 0 heterocycles. The van der Waals surface area contributed by atoms with Crippen LogP contribution < -0.4 is 14.4 Å². The van der Waals surface area contributed by atoms with E-state index in [4.69, 9.17) is 13.6 Å². The van der Waals surface area contributed by atoms with Crippen molar-refractivity contribution in [2.75, 3.05) is 19.7 Å². The molecule has 0 radical (unpaired) electrons. The van der Waals surface area contributed by atoms with Crippen molar-refractivity contribution in [2.45, 2.75) is 31.7 Å². The summed E-state index contributed by atoms with van der Waals surface area (Å²) in [7, 11) is -4.18. The average Bonchev–Trinajstić information content (AvgIpc) is 2.76. The second-order valence-electron chi connectivity index (χ2n) is 7.23. The first kappa shape index (κ1) is 24.6. The Labute approximate surface area is 183 Å². The SMILES string of the molecule is C=CCNCCCCC(C)(COP(=O)(Oc1ccccc1)Oc1ccccc1)[N+](=O)[O-]. The standard InChI is InChI=1S/C22H29N2O6P/c1-3-17-23-18-11-10-16-22(2,24(25)26)19-28-31(27,29-20-12-6-4-7-13-20)30-21-14-8-5-9-15-21/h3-9,12-15,23H,1,10-11,16-19H2,2H3. The molecule has 168 valence electrons. The fourth-order valence-electron chi connectivity index (χ4n) is 2.69. The van der Waals surface area contributed by atoms with E-state index in [-0.39, 0.29) is 17.9 Å². The molecule has 0 aromatic heterocycles. The summed E-state index contributed by atoms with van der Waals surface area (Å²) in [5, 5.41) is 14.9. The molecule has 0 amide bonds. The maximum atomic E-state index is 13.4. The number of para-hydroxylation sites is 2. The van der Waals surface area contributed by atoms with E-state index in [2.05, 4.69) is 11.9 Å². The van der Waals surface area contributed by atoms with Crippen LogP contribution in [0.15, 0.2) is 73.3 Å². The largest absolute Gasteiger partial charge is 0.587 e. The number of rotatable bonds is 15. The lowest BCUT2D eigenvalue weighted by molar-refractivity contribution is -0.569. The molecule has 1 atom stereocenters. The number of nitrogens with zero attached hydrogens (tertiary/aromatic N) is 1. The minimum atomic E-state index is -4.18. The van der Waals surface area contributed by atoms with Crippen LogP contribution in [0, 0.1) is 10.1 Å². The molecule has 0 aliphatic carbocycles. The third kappa shape index (κ3) is 8.53. The van der Waals surface area contributed by atoms with Gasteiger partial charge in [-0.3, -0.25) is 14.6 Å². The highest BCUT2D eigenvalue weighted by Gasteiger charge is 2.42. The maximum Gasteiger partial charge on any atom is 0.587 e. The molecule has 0 fully saturated rings. The minimum absolute atomic E-state index is 0.256. The lowest BCUT2D eigenvalue weighted by Gasteiger charge is -2.24. The predicted octanol–water partition coefficient (Wildman–Crippen LogP) is 5.25. The average molecular weight is 448 g/mol. The molecule has 0 aliphatic rings. The highest BCUT2D eigenvalue weighted by Crippen LogP contribution is 2.50. The molecule has 2 rings (SSSR count). The zero-order valence-electron chi connectivity index (χ0n) is 17.6. The van der Waals surface area contributed by atoms with Crippen LogP contribution >= 0.6 is 7.82 Å². The van der Waals surface area contributed by atoms with E-state index in [1.807, 2.05) is 0 Å². The molecule has 0 aliphatic heterocycles. The summed E-state index contributed by atoms with van der Waals surface area (Å²) in [5.41, 5.74) is -1.44. The van der Waals surface area contributed by atoms with E-state index in [1.165, 1.54) is 6.92 Å². The van der Waals surface area contributed by atoms with E-state index in [9.17, 15) is 14.7 Å². The second-order valence-corrected chi connectivity index (χ2v) is 8.75. The van der Waals surface area contributed by atoms with Gasteiger partial charge in [-0.1, -0.05) is 42.5 Å². The van der Waals surface area contributed by atoms with Crippen LogP contribution in [0.25, 0.3) is 0 Å². The number of hydrogen-bond acceptors (Lipinski definition) is 7. The van der Waals surface area contributed by atoms with Crippen molar-refractivity contribution >= 4 is 7.82 Å². The van der Waals surface area contributed by atoms with Gasteiger partial charge in [0, 0.05) is 24.8 Å². The van der Waals surface area contributed by atoms with Gasteiger partial charge in [-0.25, -0.2) is 4.57 Å². The van der Waals surface area contributed by atoms with Gasteiger partial charge in [-0.2, -0.15) is 0 Å². The number of nitro groups is 1. The van der Waals surface area contributed by atoms with Crippen LogP contribution in [0.3, 0.4) is 0 Å². The first-order valence-electron chi connectivity index (χ1n) is 10.1. The van der Waals surface area contributed by atoms with Crippen molar-refractivity contribution in [1.29, 1.82) is 0 Å². The van der Waals surface area contributed by atoms with Crippen LogP contribution in [0.4, 0.5) is 0 Å². The van der Waals surface area contributed by atoms with Crippen molar-refractivity contribution in [3.05, 3.63) is 83.4 Å². The number of phosphoric ester groups is 1. The smallest absolute Gasteiger partial charge is 0.395 e. The van der Waals surface area contributed by atoms with Crippen LogP contribution in [0.2, 0.25) is 0 Å². The third-order valence-electron chi connectivity index (χ3n) is 4.50. The quantitative estimate of drug-likeness (QED) is 0.131. The summed E-state index contributed by atoms with van der Waals surface area (Å²) in [4.78, 5) is 11.3. The van der Waals surface area contributed by atoms with E-state index in [0.717, 1.165) is 13.0 Å². The van der Waals surface area contributed by atoms with E-state index in [1.54, 1.807) is 66.7 Å². The van der Waals surface area contributed by atoms with Gasteiger partial charge in [0.25, 0.3) is 0 Å². The lowest BCUT2D eigenvalue weighted by atomic mass is 9.97. The van der Waals surface area contributed by atoms with Gasteiger partial charge in [-0.05, 0) is 43.7 Å². The summed E-state index contributed by atoms with van der Waals surface area (Å²) in [6.45, 7) is 6.10. The Kier molecular flexibility index (Phi) is 9.72. The van der Waals surface area contributed by atoms with Crippen molar-refractivity contribution in [1.82, 2.24) is 5.32 Å². The van der Waals surface area contributed by atoms with E-state index < -0.39 is 24.9 Å². The molecule has 1 unspecified atom stereocenters. The number of hydrogen-bond donors (Lipinski definition) is 1. The molecule has 9 heteroatoms. The van der Waals surface area contributed by atoms with Gasteiger partial charge < -0.3 is 14.4 Å². The zero-order chi connectivity index (χ0) is 22.6. The van der Waals surface area contributed by atoms with Crippen LogP contribution in [-0.4, -0.2) is 30.2 Å². The Morgan fingerprint density at radius 3 is 2.10 bits per heavy atom. The minimum Gasteiger partial charge on any atom is -0.395 e. The normalized spacial score (nSPS) is 13.2. The summed E-state index contributed by atoms with van der Waals surface area (Å²) in [6.07, 6.45) is 3.38. The maximum absolute atomic E-state index is 13.4. The van der Waals surface area contributed by atoms with Crippen molar-refractivity contribution < 1.29 is 23.1 Å². The molecule has 2 aromatic rings. The number of benzene rings is 2. The Hall–Kier alpha value is -2.67. The topological polar surface area (TPSA) is 99.9 Å². The van der Waals surface area contributed by atoms with Crippen molar-refractivity contribution in [2.24, 2.45) is 0 Å². The monoisotopic (exact) mass is 448 g/mol. The Bertz CT molecular complexity index is 819. The summed E-state index contributed by atoms with van der Waals surface area (Å²) in [6, 6.07) is 16.8. The number of unbranched alkanes of at least 4 members (excludes halogenated alkanes) is 1. The van der Waals surface area contributed by atoms with Gasteiger partial charge in [0.15, 0.2) is 0 Å². The molecule has 8 nitrogen and oxygen atoms in total. The van der Waals surface area contributed by atoms with Gasteiger partial charge in [0.05, 0.1) is 0 Å². The first-order valence-corrected chi connectivity index (χ1v) is 11.5. The third-order valence-corrected chi connectivity index (χ3v) is 5.82. The molecule has 0 saturated heterocycles. The molecule has 1 N–H and O–H groups in total. The summed E-state index contributed by atoms with van der Waals surface area (Å²) in [5.74, 6) is 0.552. The fraction of sp³-hybridized carbons (Fsp3) is 0.364. The first-order chi connectivity index (χ1) is 14.9. The van der Waals surface area contributed by atoms with Gasteiger partial charge in [0.2, 0.25) is 5.54 Å². The Balaban J connectivity index is 2.07. The summed E-state index contributed by atoms with van der Waals surface area (Å²) >= 11 is 0. The molecule has 2 aromatic carbocycles. The molecular formula is C22H29N2O6P. The Morgan fingerprint density at radius 2 is 1.61 bits per heavy atom. The molecule has 0 bridgehead atoms. The van der Waals surface area contributed by atoms with Crippen molar-refractivity contribution in [3.8, 4) is 11.5 Å². The Morgan fingerprint density at radius 1 is 1.06 bits per heavy atom. The molecule has 0 saturated carbocycles. The van der Waals surface area contributed by atoms with E-state index in [0.29, 0.717) is 13.0 Å². The predicted molar refractivity (Wildman–Crippen MR) is 120 cm³/mol. The summed E-state index contributed by atoms with van der Waals surface area (Å²) < 4.78 is 29.9. The van der Waals surface area contributed by atoms with E-state index >= 15 is 0 Å². The molecule has 0 spiro atoms. The zero-order valence-corrected chi connectivity index (χ0v) is 18.5. The van der Waals surface area contributed by atoms with Gasteiger partial charge >= 0.3 is 7.82 Å². The fourth-order valence-corrected chi connectivity index (χ4v) is 4.03. The number of phosphoric acid groups is 1. The second kappa shape index (κ2) is 12.2.